The molecule has 1 rings (SSSR count). The smallest absolute Gasteiger partial charge is 0.329 e. The van der Waals surface area contributed by atoms with E-state index in [4.69, 9.17) is 0 Å². The molecule has 0 saturated carbocycles. The van der Waals surface area contributed by atoms with Gasteiger partial charge >= 0.3 is 5.97 Å². The van der Waals surface area contributed by atoms with E-state index < -0.39 is 22.3 Å². The molecule has 0 aliphatic rings. The first kappa shape index (κ1) is 16.6. The second-order valence-electron chi connectivity index (χ2n) is 5.23. The number of amides is 1. The number of aliphatic carboxylic acids is 1. The first-order valence-electron chi connectivity index (χ1n) is 6.42. The number of hydrogen-bond donors (Lipinski definition) is 1. The van der Waals surface area contributed by atoms with Crippen LogP contribution in [0.4, 0.5) is 5.69 Å². The van der Waals surface area contributed by atoms with Crippen molar-refractivity contribution >= 4 is 17.6 Å². The van der Waals surface area contributed by atoms with Crippen LogP contribution in [0.15, 0.2) is 18.2 Å². The minimum absolute atomic E-state index is 0.109. The first-order valence-corrected chi connectivity index (χ1v) is 6.42. The van der Waals surface area contributed by atoms with Crippen molar-refractivity contribution in [2.24, 2.45) is 0 Å². The van der Waals surface area contributed by atoms with Crippen LogP contribution in [-0.2, 0) is 4.79 Å². The van der Waals surface area contributed by atoms with Crippen molar-refractivity contribution in [2.45, 2.75) is 33.2 Å². The summed E-state index contributed by atoms with van der Waals surface area (Å²) in [5, 5.41) is 20.1. The van der Waals surface area contributed by atoms with Crippen LogP contribution in [0.1, 0.15) is 36.7 Å². The third kappa shape index (κ3) is 3.36. The van der Waals surface area contributed by atoms with E-state index in [9.17, 15) is 24.8 Å². The Kier molecular flexibility index (Phi) is 4.67. The summed E-state index contributed by atoms with van der Waals surface area (Å²) in [6.07, 6.45) is 0. The van der Waals surface area contributed by atoms with Gasteiger partial charge in [0, 0.05) is 24.2 Å². The zero-order valence-corrected chi connectivity index (χ0v) is 12.4. The summed E-state index contributed by atoms with van der Waals surface area (Å²) < 4.78 is 0. The number of carbonyl (C=O) groups excluding carboxylic acids is 1. The largest absolute Gasteiger partial charge is 0.480 e. The van der Waals surface area contributed by atoms with Crippen LogP contribution in [0.2, 0.25) is 0 Å². The molecule has 7 heteroatoms. The van der Waals surface area contributed by atoms with Crippen molar-refractivity contribution in [3.63, 3.8) is 0 Å². The zero-order chi connectivity index (χ0) is 16.4. The normalized spacial score (nSPS) is 11.0. The quantitative estimate of drug-likeness (QED) is 0.663. The summed E-state index contributed by atoms with van der Waals surface area (Å²) in [5.41, 5.74) is -0.915. The molecule has 0 unspecified atom stereocenters. The van der Waals surface area contributed by atoms with Gasteiger partial charge in [-0.3, -0.25) is 14.9 Å². The topological polar surface area (TPSA) is 101 Å². The average Bonchev–Trinajstić information content (AvgIpc) is 2.38. The van der Waals surface area contributed by atoms with E-state index in [1.165, 1.54) is 30.9 Å². The number of nitro benzene ring substituents is 1. The molecule has 0 spiro atoms. The van der Waals surface area contributed by atoms with E-state index in [1.807, 2.05) is 0 Å². The Morgan fingerprint density at radius 2 is 1.90 bits per heavy atom. The number of nitro groups is 1. The number of rotatable bonds is 5. The highest BCUT2D eigenvalue weighted by Crippen LogP contribution is 2.22. The van der Waals surface area contributed by atoms with Crippen LogP contribution >= 0.6 is 0 Å². The highest BCUT2D eigenvalue weighted by Gasteiger charge is 2.37. The molecule has 1 aromatic carbocycles. The SMILES string of the molecule is CCN(C(=O)c1cc(C)cc([N+](=O)[O-])c1)C(C)(C)C(=O)O. The molecule has 0 radical (unpaired) electrons. The zero-order valence-electron chi connectivity index (χ0n) is 12.4. The summed E-state index contributed by atoms with van der Waals surface area (Å²) >= 11 is 0. The molecule has 7 nitrogen and oxygen atoms in total. The minimum atomic E-state index is -1.40. The fraction of sp³-hybridized carbons (Fsp3) is 0.429. The Balaban J connectivity index is 3.29. The minimum Gasteiger partial charge on any atom is -0.480 e. The average molecular weight is 294 g/mol. The lowest BCUT2D eigenvalue weighted by Gasteiger charge is -2.34. The fourth-order valence-electron chi connectivity index (χ4n) is 2.06. The highest BCUT2D eigenvalue weighted by molar-refractivity contribution is 5.98. The molecule has 114 valence electrons. The highest BCUT2D eigenvalue weighted by atomic mass is 16.6. The number of carbonyl (C=O) groups is 2. The van der Waals surface area contributed by atoms with Gasteiger partial charge in [0.15, 0.2) is 0 Å². The van der Waals surface area contributed by atoms with Gasteiger partial charge in [-0.2, -0.15) is 0 Å². The van der Waals surface area contributed by atoms with Crippen LogP contribution < -0.4 is 0 Å². The van der Waals surface area contributed by atoms with E-state index in [0.29, 0.717) is 5.56 Å². The number of carboxylic acids is 1. The van der Waals surface area contributed by atoms with Crippen molar-refractivity contribution in [1.82, 2.24) is 4.90 Å². The van der Waals surface area contributed by atoms with Gasteiger partial charge in [0.05, 0.1) is 4.92 Å². The lowest BCUT2D eigenvalue weighted by molar-refractivity contribution is -0.384. The molecule has 0 aromatic heterocycles. The maximum absolute atomic E-state index is 12.5. The maximum atomic E-state index is 12.5. The third-order valence-corrected chi connectivity index (χ3v) is 3.28. The van der Waals surface area contributed by atoms with Crippen molar-refractivity contribution in [1.29, 1.82) is 0 Å². The number of non-ortho nitro benzene ring substituents is 1. The summed E-state index contributed by atoms with van der Waals surface area (Å²) in [7, 11) is 0. The van der Waals surface area contributed by atoms with Gasteiger partial charge in [0.2, 0.25) is 0 Å². The van der Waals surface area contributed by atoms with E-state index in [2.05, 4.69) is 0 Å². The third-order valence-electron chi connectivity index (χ3n) is 3.28. The standard InChI is InChI=1S/C14H18N2O5/c1-5-15(14(3,4)13(18)19)12(17)10-6-9(2)7-11(8-10)16(20)21/h6-8H,5H2,1-4H3,(H,18,19). The van der Waals surface area contributed by atoms with Crippen molar-refractivity contribution < 1.29 is 19.6 Å². The summed E-state index contributed by atoms with van der Waals surface area (Å²) in [6.45, 7) is 6.32. The summed E-state index contributed by atoms with van der Waals surface area (Å²) in [6, 6.07) is 4.03. The van der Waals surface area contributed by atoms with E-state index in [-0.39, 0.29) is 17.8 Å². The molecular weight excluding hydrogens is 276 g/mol. The Hall–Kier alpha value is -2.44. The predicted molar refractivity (Wildman–Crippen MR) is 76.3 cm³/mol. The Morgan fingerprint density at radius 3 is 2.33 bits per heavy atom. The van der Waals surface area contributed by atoms with E-state index in [0.717, 1.165) is 6.07 Å². The van der Waals surface area contributed by atoms with Gasteiger partial charge in [0.25, 0.3) is 11.6 Å². The molecule has 0 aliphatic carbocycles. The Labute approximate surface area is 122 Å². The molecule has 1 amide bonds. The van der Waals surface area contributed by atoms with Gasteiger partial charge in [-0.15, -0.1) is 0 Å². The number of aryl methyl sites for hydroxylation is 1. The van der Waals surface area contributed by atoms with Crippen LogP contribution in [0.25, 0.3) is 0 Å². The number of nitrogens with zero attached hydrogens (tertiary/aromatic N) is 2. The van der Waals surface area contributed by atoms with Gasteiger partial charge in [0.1, 0.15) is 5.54 Å². The first-order chi connectivity index (χ1) is 9.61. The second kappa shape index (κ2) is 5.90. The molecule has 0 heterocycles. The maximum Gasteiger partial charge on any atom is 0.329 e. The Bertz CT molecular complexity index is 595. The van der Waals surface area contributed by atoms with Crippen molar-refractivity contribution in [3.05, 3.63) is 39.4 Å². The lowest BCUT2D eigenvalue weighted by atomic mass is 10.0. The predicted octanol–water partition coefficient (Wildman–Crippen LogP) is 2.23. The number of benzene rings is 1. The number of likely N-dealkylation sites (N-methyl/N-ethyl adjacent to an activating group) is 1. The van der Waals surface area contributed by atoms with Gasteiger partial charge in [-0.25, -0.2) is 4.79 Å². The molecule has 1 N–H and O–H groups in total. The molecule has 0 saturated heterocycles. The van der Waals surface area contributed by atoms with Gasteiger partial charge in [-0.1, -0.05) is 0 Å². The molecule has 1 aromatic rings. The van der Waals surface area contributed by atoms with Crippen LogP contribution in [0, 0.1) is 17.0 Å². The molecule has 21 heavy (non-hydrogen) atoms. The summed E-state index contributed by atoms with van der Waals surface area (Å²) in [5.74, 6) is -1.68. The van der Waals surface area contributed by atoms with Crippen molar-refractivity contribution in [2.75, 3.05) is 6.54 Å². The fourth-order valence-corrected chi connectivity index (χ4v) is 2.06. The van der Waals surface area contributed by atoms with Gasteiger partial charge < -0.3 is 10.0 Å². The molecule has 0 fully saturated rings. The monoisotopic (exact) mass is 294 g/mol. The molecule has 0 bridgehead atoms. The molecule has 0 aliphatic heterocycles. The van der Waals surface area contributed by atoms with Gasteiger partial charge in [-0.05, 0) is 39.3 Å². The Morgan fingerprint density at radius 1 is 1.33 bits per heavy atom. The van der Waals surface area contributed by atoms with Crippen LogP contribution in [0.5, 0.6) is 0 Å². The van der Waals surface area contributed by atoms with Crippen LogP contribution in [0.3, 0.4) is 0 Å². The van der Waals surface area contributed by atoms with Crippen molar-refractivity contribution in [3.8, 4) is 0 Å². The van der Waals surface area contributed by atoms with Crippen LogP contribution in [-0.4, -0.2) is 38.9 Å². The second-order valence-corrected chi connectivity index (χ2v) is 5.23. The lowest BCUT2D eigenvalue weighted by Crippen LogP contribution is -2.52. The number of hydrogen-bond acceptors (Lipinski definition) is 4. The molecular formula is C14H18N2O5. The molecule has 0 atom stereocenters. The summed E-state index contributed by atoms with van der Waals surface area (Å²) in [4.78, 5) is 35.2. The van der Waals surface area contributed by atoms with E-state index >= 15 is 0 Å². The van der Waals surface area contributed by atoms with E-state index in [1.54, 1.807) is 13.8 Å². The number of carboxylic acid groups (broad SMARTS) is 1.